The molecule has 0 radical (unpaired) electrons. The SMILES string of the molecule is Cc1cc(/C=C(\C#N)c2ncc3n2CCCCC3)c(C)n1C1CCCC1. The predicted octanol–water partition coefficient (Wildman–Crippen LogP) is 5.21. The van der Waals surface area contributed by atoms with Gasteiger partial charge in [0.15, 0.2) is 5.82 Å². The molecule has 4 heteroatoms. The molecule has 4 rings (SSSR count). The van der Waals surface area contributed by atoms with Crippen LogP contribution in [-0.4, -0.2) is 14.1 Å². The number of hydrogen-bond acceptors (Lipinski definition) is 2. The molecule has 1 saturated carbocycles. The van der Waals surface area contributed by atoms with Crippen molar-refractivity contribution in [2.24, 2.45) is 0 Å². The smallest absolute Gasteiger partial charge is 0.150 e. The molecule has 2 aliphatic rings. The number of imidazole rings is 1. The first-order valence-corrected chi connectivity index (χ1v) is 10.0. The molecule has 2 aromatic heterocycles. The Kier molecular flexibility index (Phi) is 4.72. The van der Waals surface area contributed by atoms with E-state index in [1.165, 1.54) is 62.0 Å². The Morgan fingerprint density at radius 2 is 2.00 bits per heavy atom. The van der Waals surface area contributed by atoms with Crippen molar-refractivity contribution in [3.8, 4) is 6.07 Å². The standard InChI is InChI=1S/C22H28N4/c1-16-12-18(17(2)26(16)20-8-5-6-9-20)13-19(14-23)22-24-15-21-10-4-3-7-11-25(21)22/h12-13,15,20H,3-11H2,1-2H3/b19-13+. The maximum atomic E-state index is 9.83. The fourth-order valence-corrected chi connectivity index (χ4v) is 4.80. The summed E-state index contributed by atoms with van der Waals surface area (Å²) in [5, 5.41) is 9.83. The first-order valence-electron chi connectivity index (χ1n) is 10.0. The van der Waals surface area contributed by atoms with Gasteiger partial charge in [-0.2, -0.15) is 5.26 Å². The van der Waals surface area contributed by atoms with Crippen molar-refractivity contribution in [1.29, 1.82) is 5.26 Å². The minimum Gasteiger partial charge on any atom is -0.346 e. The zero-order valence-electron chi connectivity index (χ0n) is 16.0. The van der Waals surface area contributed by atoms with Crippen molar-refractivity contribution in [2.75, 3.05) is 0 Å². The highest BCUT2D eigenvalue weighted by Gasteiger charge is 2.22. The normalized spacial score (nSPS) is 18.6. The Balaban J connectivity index is 1.72. The van der Waals surface area contributed by atoms with Crippen LogP contribution < -0.4 is 0 Å². The molecule has 1 aliphatic carbocycles. The average molecular weight is 348 g/mol. The van der Waals surface area contributed by atoms with Gasteiger partial charge in [-0.15, -0.1) is 0 Å². The Bertz CT molecular complexity index is 869. The van der Waals surface area contributed by atoms with Crippen LogP contribution in [0.25, 0.3) is 11.6 Å². The van der Waals surface area contributed by atoms with Crippen molar-refractivity contribution < 1.29 is 0 Å². The Labute approximate surface area is 156 Å². The van der Waals surface area contributed by atoms with Crippen LogP contribution in [0, 0.1) is 25.2 Å². The molecule has 1 fully saturated rings. The molecule has 26 heavy (non-hydrogen) atoms. The number of hydrogen-bond donors (Lipinski definition) is 0. The molecule has 0 saturated heterocycles. The van der Waals surface area contributed by atoms with Gasteiger partial charge in [-0.3, -0.25) is 0 Å². The van der Waals surface area contributed by atoms with E-state index in [9.17, 15) is 5.26 Å². The lowest BCUT2D eigenvalue weighted by Gasteiger charge is -2.17. The largest absolute Gasteiger partial charge is 0.346 e. The van der Waals surface area contributed by atoms with Crippen LogP contribution >= 0.6 is 0 Å². The summed E-state index contributed by atoms with van der Waals surface area (Å²) in [4.78, 5) is 4.61. The summed E-state index contributed by atoms with van der Waals surface area (Å²) in [5.41, 5.74) is 5.71. The summed E-state index contributed by atoms with van der Waals surface area (Å²) in [6.45, 7) is 5.36. The first-order chi connectivity index (χ1) is 12.7. The van der Waals surface area contributed by atoms with Gasteiger partial charge in [0, 0.05) is 35.9 Å². The van der Waals surface area contributed by atoms with Gasteiger partial charge in [-0.1, -0.05) is 19.3 Å². The van der Waals surface area contributed by atoms with Crippen LogP contribution in [0.2, 0.25) is 0 Å². The van der Waals surface area contributed by atoms with Gasteiger partial charge in [-0.25, -0.2) is 4.98 Å². The third kappa shape index (κ3) is 3.00. The van der Waals surface area contributed by atoms with E-state index in [2.05, 4.69) is 40.1 Å². The second-order valence-corrected chi connectivity index (χ2v) is 7.84. The van der Waals surface area contributed by atoms with Gasteiger partial charge in [0.25, 0.3) is 0 Å². The topological polar surface area (TPSA) is 46.5 Å². The highest BCUT2D eigenvalue weighted by molar-refractivity contribution is 5.88. The summed E-state index contributed by atoms with van der Waals surface area (Å²) in [6, 6.07) is 5.28. The lowest BCUT2D eigenvalue weighted by Crippen LogP contribution is -2.08. The van der Waals surface area contributed by atoms with Crippen LogP contribution in [0.1, 0.15) is 79.5 Å². The van der Waals surface area contributed by atoms with E-state index in [1.54, 1.807) is 0 Å². The lowest BCUT2D eigenvalue weighted by atomic mass is 10.1. The molecule has 1 aliphatic heterocycles. The molecular formula is C22H28N4. The van der Waals surface area contributed by atoms with Gasteiger partial charge < -0.3 is 9.13 Å². The van der Waals surface area contributed by atoms with E-state index in [0.717, 1.165) is 24.4 Å². The molecule has 0 spiro atoms. The Morgan fingerprint density at radius 1 is 1.19 bits per heavy atom. The number of fused-ring (bicyclic) bond motifs is 1. The molecule has 0 bridgehead atoms. The minimum atomic E-state index is 0.630. The van der Waals surface area contributed by atoms with Crippen LogP contribution in [0.3, 0.4) is 0 Å². The molecule has 136 valence electrons. The molecule has 0 aromatic carbocycles. The average Bonchev–Trinajstić information content (AvgIpc) is 3.30. The third-order valence-electron chi connectivity index (χ3n) is 6.13. The number of allylic oxidation sites excluding steroid dienone is 1. The maximum absolute atomic E-state index is 9.83. The number of aryl methyl sites for hydroxylation is 2. The molecule has 0 unspecified atom stereocenters. The van der Waals surface area contributed by atoms with Crippen LogP contribution in [0.5, 0.6) is 0 Å². The number of aromatic nitrogens is 3. The van der Waals surface area contributed by atoms with Crippen molar-refractivity contribution in [3.05, 3.63) is 40.7 Å². The van der Waals surface area contributed by atoms with Gasteiger partial charge in [0.2, 0.25) is 0 Å². The van der Waals surface area contributed by atoms with E-state index in [-0.39, 0.29) is 0 Å². The van der Waals surface area contributed by atoms with E-state index >= 15 is 0 Å². The van der Waals surface area contributed by atoms with Crippen molar-refractivity contribution in [3.63, 3.8) is 0 Å². The third-order valence-corrected chi connectivity index (χ3v) is 6.13. The second-order valence-electron chi connectivity index (χ2n) is 7.84. The molecule has 0 atom stereocenters. The van der Waals surface area contributed by atoms with Gasteiger partial charge in [0.1, 0.15) is 6.07 Å². The molecule has 2 aromatic rings. The fourth-order valence-electron chi connectivity index (χ4n) is 4.80. The van der Waals surface area contributed by atoms with E-state index in [1.807, 2.05) is 12.3 Å². The minimum absolute atomic E-state index is 0.630. The summed E-state index contributed by atoms with van der Waals surface area (Å²) >= 11 is 0. The lowest BCUT2D eigenvalue weighted by molar-refractivity contribution is 0.500. The van der Waals surface area contributed by atoms with Crippen molar-refractivity contribution >= 4 is 11.6 Å². The van der Waals surface area contributed by atoms with Crippen molar-refractivity contribution in [1.82, 2.24) is 14.1 Å². The number of nitrogens with zero attached hydrogens (tertiary/aromatic N) is 4. The van der Waals surface area contributed by atoms with Crippen LogP contribution in [0.15, 0.2) is 12.3 Å². The molecular weight excluding hydrogens is 320 g/mol. The number of nitriles is 1. The monoisotopic (exact) mass is 348 g/mol. The molecule has 0 N–H and O–H groups in total. The first kappa shape index (κ1) is 17.1. The highest BCUT2D eigenvalue weighted by atomic mass is 15.1. The number of rotatable bonds is 3. The molecule has 4 nitrogen and oxygen atoms in total. The summed E-state index contributed by atoms with van der Waals surface area (Å²) in [5.74, 6) is 0.843. The Hall–Kier alpha value is -2.28. The van der Waals surface area contributed by atoms with Gasteiger partial charge >= 0.3 is 0 Å². The van der Waals surface area contributed by atoms with Crippen molar-refractivity contribution in [2.45, 2.75) is 77.8 Å². The quantitative estimate of drug-likeness (QED) is 0.715. The van der Waals surface area contributed by atoms with Crippen LogP contribution in [-0.2, 0) is 13.0 Å². The van der Waals surface area contributed by atoms with E-state index in [4.69, 9.17) is 0 Å². The highest BCUT2D eigenvalue weighted by Crippen LogP contribution is 2.34. The molecule has 3 heterocycles. The maximum Gasteiger partial charge on any atom is 0.150 e. The fraction of sp³-hybridized carbons (Fsp3) is 0.545. The summed E-state index contributed by atoms with van der Waals surface area (Å²) < 4.78 is 4.75. The molecule has 0 amide bonds. The summed E-state index contributed by atoms with van der Waals surface area (Å²) in [6.07, 6.45) is 14.0. The van der Waals surface area contributed by atoms with E-state index < -0.39 is 0 Å². The summed E-state index contributed by atoms with van der Waals surface area (Å²) in [7, 11) is 0. The zero-order valence-corrected chi connectivity index (χ0v) is 16.0. The van der Waals surface area contributed by atoms with Gasteiger partial charge in [-0.05, 0) is 63.7 Å². The predicted molar refractivity (Wildman–Crippen MR) is 105 cm³/mol. The Morgan fingerprint density at radius 3 is 2.77 bits per heavy atom. The second kappa shape index (κ2) is 7.15. The zero-order chi connectivity index (χ0) is 18.1. The van der Waals surface area contributed by atoms with Crippen LogP contribution in [0.4, 0.5) is 0 Å². The van der Waals surface area contributed by atoms with E-state index in [0.29, 0.717) is 11.6 Å². The van der Waals surface area contributed by atoms with Gasteiger partial charge in [0.05, 0.1) is 5.57 Å².